The van der Waals surface area contributed by atoms with Crippen LogP contribution in [0.1, 0.15) is 26.7 Å². The number of methoxy groups -OCH3 is 1. The van der Waals surface area contributed by atoms with Gasteiger partial charge in [-0.15, -0.1) is 0 Å². The normalized spacial score (nSPS) is 13.4. The maximum absolute atomic E-state index is 11.6. The average Bonchev–Trinajstić information content (AvgIpc) is 2.25. The highest BCUT2D eigenvalue weighted by Crippen LogP contribution is 1.98. The molecule has 0 bridgehead atoms. The maximum atomic E-state index is 11.6. The zero-order chi connectivity index (χ0) is 13.3. The van der Waals surface area contributed by atoms with Crippen molar-refractivity contribution >= 4 is 16.0 Å². The van der Waals surface area contributed by atoms with E-state index in [9.17, 15) is 13.2 Å². The summed E-state index contributed by atoms with van der Waals surface area (Å²) in [6.45, 7) is 4.46. The largest absolute Gasteiger partial charge is 0.469 e. The highest BCUT2D eigenvalue weighted by Gasteiger charge is 2.15. The topological polar surface area (TPSA) is 81.7 Å². The molecule has 7 heteroatoms. The molecule has 0 aliphatic rings. The molecular formula is C10H21NO5S. The van der Waals surface area contributed by atoms with E-state index in [0.717, 1.165) is 0 Å². The number of rotatable bonds is 9. The van der Waals surface area contributed by atoms with Crippen molar-refractivity contribution in [3.63, 3.8) is 0 Å². The second-order valence-electron chi connectivity index (χ2n) is 3.68. The summed E-state index contributed by atoms with van der Waals surface area (Å²) in [7, 11) is -2.08. The molecule has 0 spiro atoms. The molecular weight excluding hydrogens is 246 g/mol. The summed E-state index contributed by atoms with van der Waals surface area (Å²) in [4.78, 5) is 10.8. The molecule has 0 fully saturated rings. The fourth-order valence-electron chi connectivity index (χ4n) is 1.20. The highest BCUT2D eigenvalue weighted by molar-refractivity contribution is 7.89. The van der Waals surface area contributed by atoms with Crippen molar-refractivity contribution in [3.8, 4) is 0 Å². The lowest BCUT2D eigenvalue weighted by atomic mass is 10.3. The predicted octanol–water partition coefficient (Wildman–Crippen LogP) is 0.284. The van der Waals surface area contributed by atoms with Crippen LogP contribution >= 0.6 is 0 Å². The first-order chi connectivity index (χ1) is 7.91. The third-order valence-electron chi connectivity index (χ3n) is 1.97. The minimum atomic E-state index is -3.35. The van der Waals surface area contributed by atoms with Crippen molar-refractivity contribution in [2.75, 3.05) is 26.1 Å². The van der Waals surface area contributed by atoms with Crippen LogP contribution in [-0.4, -0.2) is 46.5 Å². The fraction of sp³-hybridized carbons (Fsp3) is 0.900. The van der Waals surface area contributed by atoms with E-state index in [0.29, 0.717) is 13.2 Å². The number of carbonyl (C=O) groups is 1. The SMILES string of the molecule is CCOCC(C)NS(=O)(=O)CCCC(=O)OC. The molecule has 0 rings (SSSR count). The second kappa shape index (κ2) is 8.43. The summed E-state index contributed by atoms with van der Waals surface area (Å²) in [5.74, 6) is -0.485. The van der Waals surface area contributed by atoms with Gasteiger partial charge in [-0.05, 0) is 20.3 Å². The Morgan fingerprint density at radius 2 is 2.06 bits per heavy atom. The summed E-state index contributed by atoms with van der Waals surface area (Å²) in [5, 5.41) is 0. The minimum Gasteiger partial charge on any atom is -0.469 e. The first-order valence-electron chi connectivity index (χ1n) is 5.55. The minimum absolute atomic E-state index is 0.0848. The Balaban J connectivity index is 3.91. The molecule has 0 aromatic heterocycles. The maximum Gasteiger partial charge on any atom is 0.305 e. The lowest BCUT2D eigenvalue weighted by Crippen LogP contribution is -2.37. The van der Waals surface area contributed by atoms with Crippen molar-refractivity contribution in [2.45, 2.75) is 32.7 Å². The van der Waals surface area contributed by atoms with Crippen LogP contribution in [0.5, 0.6) is 0 Å². The Morgan fingerprint density at radius 3 is 2.59 bits per heavy atom. The van der Waals surface area contributed by atoms with Crippen molar-refractivity contribution < 1.29 is 22.7 Å². The smallest absolute Gasteiger partial charge is 0.305 e. The zero-order valence-electron chi connectivity index (χ0n) is 10.6. The summed E-state index contributed by atoms with van der Waals surface area (Å²) in [5.41, 5.74) is 0. The van der Waals surface area contributed by atoms with E-state index < -0.39 is 16.0 Å². The molecule has 1 atom stereocenters. The summed E-state index contributed by atoms with van der Waals surface area (Å²) in [6.07, 6.45) is 0.362. The van der Waals surface area contributed by atoms with Gasteiger partial charge in [-0.1, -0.05) is 0 Å². The van der Waals surface area contributed by atoms with Crippen molar-refractivity contribution in [1.82, 2.24) is 4.72 Å². The third kappa shape index (κ3) is 9.08. The molecule has 17 heavy (non-hydrogen) atoms. The van der Waals surface area contributed by atoms with Crippen LogP contribution in [0.25, 0.3) is 0 Å². The average molecular weight is 267 g/mol. The number of nitrogens with one attached hydrogen (secondary N) is 1. The van der Waals surface area contributed by atoms with Gasteiger partial charge in [0, 0.05) is 19.1 Å². The van der Waals surface area contributed by atoms with Gasteiger partial charge in [-0.25, -0.2) is 13.1 Å². The number of ether oxygens (including phenoxy) is 2. The number of carbonyl (C=O) groups excluding carboxylic acids is 1. The third-order valence-corrected chi connectivity index (χ3v) is 3.56. The number of hydrogen-bond donors (Lipinski definition) is 1. The zero-order valence-corrected chi connectivity index (χ0v) is 11.4. The molecule has 0 saturated heterocycles. The molecule has 6 nitrogen and oxygen atoms in total. The monoisotopic (exact) mass is 267 g/mol. The molecule has 0 saturated carbocycles. The van der Waals surface area contributed by atoms with Crippen molar-refractivity contribution in [1.29, 1.82) is 0 Å². The first kappa shape index (κ1) is 16.3. The van der Waals surface area contributed by atoms with E-state index in [1.165, 1.54) is 7.11 Å². The lowest BCUT2D eigenvalue weighted by molar-refractivity contribution is -0.140. The molecule has 0 heterocycles. The molecule has 0 amide bonds. The van der Waals surface area contributed by atoms with E-state index in [4.69, 9.17) is 4.74 Å². The van der Waals surface area contributed by atoms with Crippen LogP contribution in [-0.2, 0) is 24.3 Å². The lowest BCUT2D eigenvalue weighted by Gasteiger charge is -2.13. The molecule has 0 aromatic rings. The van der Waals surface area contributed by atoms with E-state index in [1.54, 1.807) is 6.92 Å². The Hall–Kier alpha value is -0.660. The van der Waals surface area contributed by atoms with E-state index in [-0.39, 0.29) is 24.6 Å². The van der Waals surface area contributed by atoms with Gasteiger partial charge in [-0.2, -0.15) is 0 Å². The van der Waals surface area contributed by atoms with E-state index in [1.807, 2.05) is 6.92 Å². The van der Waals surface area contributed by atoms with Gasteiger partial charge >= 0.3 is 5.97 Å². The first-order valence-corrected chi connectivity index (χ1v) is 7.21. The van der Waals surface area contributed by atoms with Gasteiger partial charge in [0.25, 0.3) is 0 Å². The molecule has 1 N–H and O–H groups in total. The Labute approximate surface area is 103 Å². The summed E-state index contributed by atoms with van der Waals surface area (Å²) < 4.78 is 35.1. The van der Waals surface area contributed by atoms with Crippen LogP contribution < -0.4 is 4.72 Å². The van der Waals surface area contributed by atoms with Crippen molar-refractivity contribution in [2.24, 2.45) is 0 Å². The van der Waals surface area contributed by atoms with E-state index >= 15 is 0 Å². The van der Waals surface area contributed by atoms with Crippen LogP contribution in [0.4, 0.5) is 0 Å². The standard InChI is InChI=1S/C10H21NO5S/c1-4-16-8-9(2)11-17(13,14)7-5-6-10(12)15-3/h9,11H,4-8H2,1-3H3. The summed E-state index contributed by atoms with van der Waals surface area (Å²) >= 11 is 0. The fourth-order valence-corrected chi connectivity index (χ4v) is 2.53. The number of hydrogen-bond acceptors (Lipinski definition) is 5. The van der Waals surface area contributed by atoms with Gasteiger partial charge < -0.3 is 9.47 Å². The van der Waals surface area contributed by atoms with Crippen molar-refractivity contribution in [3.05, 3.63) is 0 Å². The molecule has 0 aliphatic heterocycles. The van der Waals surface area contributed by atoms with Crippen LogP contribution in [0, 0.1) is 0 Å². The Kier molecular flexibility index (Phi) is 8.11. The quantitative estimate of drug-likeness (QED) is 0.607. The van der Waals surface area contributed by atoms with Crippen LogP contribution in [0.15, 0.2) is 0 Å². The molecule has 0 aromatic carbocycles. The van der Waals surface area contributed by atoms with Gasteiger partial charge in [0.15, 0.2) is 0 Å². The van der Waals surface area contributed by atoms with Crippen LogP contribution in [0.3, 0.4) is 0 Å². The Morgan fingerprint density at radius 1 is 1.41 bits per heavy atom. The second-order valence-corrected chi connectivity index (χ2v) is 5.55. The number of sulfonamides is 1. The van der Waals surface area contributed by atoms with Gasteiger partial charge in [0.1, 0.15) is 0 Å². The molecule has 0 radical (unpaired) electrons. The van der Waals surface area contributed by atoms with E-state index in [2.05, 4.69) is 9.46 Å². The Bertz CT molecular complexity index is 315. The molecule has 1 unspecified atom stereocenters. The van der Waals surface area contributed by atoms with Gasteiger partial charge in [0.05, 0.1) is 19.5 Å². The molecule has 102 valence electrons. The van der Waals surface area contributed by atoms with Gasteiger partial charge in [0.2, 0.25) is 10.0 Å². The number of esters is 1. The summed E-state index contributed by atoms with van der Waals surface area (Å²) in [6, 6.07) is -0.266. The van der Waals surface area contributed by atoms with Gasteiger partial charge in [-0.3, -0.25) is 4.79 Å². The molecule has 0 aliphatic carbocycles. The predicted molar refractivity (Wildman–Crippen MR) is 64.1 cm³/mol. The van der Waals surface area contributed by atoms with Crippen LogP contribution in [0.2, 0.25) is 0 Å². The highest BCUT2D eigenvalue weighted by atomic mass is 32.2.